The molecule has 18 heavy (non-hydrogen) atoms. The van der Waals surface area contributed by atoms with Crippen molar-refractivity contribution in [2.75, 3.05) is 20.3 Å². The molecule has 1 aromatic carbocycles. The van der Waals surface area contributed by atoms with Crippen LogP contribution in [0.2, 0.25) is 0 Å². The summed E-state index contributed by atoms with van der Waals surface area (Å²) in [5.41, 5.74) is 7.92. The Bertz CT molecular complexity index is 471. The highest BCUT2D eigenvalue weighted by molar-refractivity contribution is 5.50. The molecule has 0 spiro atoms. The fourth-order valence-corrected chi connectivity index (χ4v) is 1.27. The molecule has 0 N–H and O–H groups in total. The lowest BCUT2D eigenvalue weighted by atomic mass is 10.3. The Morgan fingerprint density at radius 3 is 2.94 bits per heavy atom. The fraction of sp³-hybridized carbons (Fsp3) is 0.400. The molecule has 0 aromatic heterocycles. The lowest BCUT2D eigenvalue weighted by Crippen LogP contribution is -2.00. The van der Waals surface area contributed by atoms with Gasteiger partial charge in [0, 0.05) is 11.5 Å². The van der Waals surface area contributed by atoms with E-state index in [1.807, 2.05) is 0 Å². The molecule has 0 saturated heterocycles. The minimum atomic E-state index is -0.536. The van der Waals surface area contributed by atoms with Crippen molar-refractivity contribution >= 4 is 5.69 Å². The van der Waals surface area contributed by atoms with E-state index in [1.165, 1.54) is 19.2 Å². The summed E-state index contributed by atoms with van der Waals surface area (Å²) in [4.78, 5) is 12.8. The molecule has 0 radical (unpaired) electrons. The predicted octanol–water partition coefficient (Wildman–Crippen LogP) is 2.68. The Balaban J connectivity index is 2.64. The second-order valence-electron chi connectivity index (χ2n) is 3.25. The van der Waals surface area contributed by atoms with Crippen molar-refractivity contribution in [2.45, 2.75) is 6.42 Å². The normalized spacial score (nSPS) is 9.39. The molecule has 0 fully saturated rings. The second kappa shape index (κ2) is 6.97. The first kappa shape index (κ1) is 13.6. The topological polar surface area (TPSA) is 110 Å². The lowest BCUT2D eigenvalue weighted by Gasteiger charge is -2.06. The molecule has 0 saturated carbocycles. The summed E-state index contributed by atoms with van der Waals surface area (Å²) in [6, 6.07) is 4.35. The van der Waals surface area contributed by atoms with Crippen LogP contribution in [0.5, 0.6) is 11.5 Å². The summed E-state index contributed by atoms with van der Waals surface area (Å²) in [6.07, 6.45) is 0.546. The smallest absolute Gasteiger partial charge is 0.314 e. The molecule has 0 heterocycles. The standard InChI is InChI=1S/C10H12N4O4/c1-17-10-4-3-8(7-9(10)14(15)16)18-6-2-5-12-13-11/h3-4,7H,2,5-6H2,1H3. The van der Waals surface area contributed by atoms with E-state index in [9.17, 15) is 10.1 Å². The predicted molar refractivity (Wildman–Crippen MR) is 63.8 cm³/mol. The first-order valence-electron chi connectivity index (χ1n) is 5.15. The van der Waals surface area contributed by atoms with Gasteiger partial charge in [-0.2, -0.15) is 0 Å². The zero-order chi connectivity index (χ0) is 13.4. The van der Waals surface area contributed by atoms with Gasteiger partial charge >= 0.3 is 5.69 Å². The van der Waals surface area contributed by atoms with Crippen LogP contribution in [0.25, 0.3) is 10.4 Å². The number of benzene rings is 1. The summed E-state index contributed by atoms with van der Waals surface area (Å²) in [7, 11) is 1.36. The molecule has 1 rings (SSSR count). The Hall–Kier alpha value is -2.47. The van der Waals surface area contributed by atoms with Crippen LogP contribution in [-0.4, -0.2) is 25.2 Å². The van der Waals surface area contributed by atoms with Crippen molar-refractivity contribution < 1.29 is 14.4 Å². The van der Waals surface area contributed by atoms with Gasteiger partial charge in [-0.15, -0.1) is 0 Å². The zero-order valence-electron chi connectivity index (χ0n) is 9.78. The van der Waals surface area contributed by atoms with Gasteiger partial charge in [-0.1, -0.05) is 5.11 Å². The first-order valence-corrected chi connectivity index (χ1v) is 5.15. The zero-order valence-corrected chi connectivity index (χ0v) is 9.78. The number of hydrogen-bond donors (Lipinski definition) is 0. The molecular weight excluding hydrogens is 240 g/mol. The van der Waals surface area contributed by atoms with Crippen LogP contribution in [0.4, 0.5) is 5.69 Å². The Morgan fingerprint density at radius 1 is 1.56 bits per heavy atom. The van der Waals surface area contributed by atoms with Crippen molar-refractivity contribution in [1.82, 2.24) is 0 Å². The molecule has 0 unspecified atom stereocenters. The van der Waals surface area contributed by atoms with E-state index in [4.69, 9.17) is 15.0 Å². The molecule has 0 aliphatic heterocycles. The summed E-state index contributed by atoms with van der Waals surface area (Å²) in [5.74, 6) is 0.560. The first-order chi connectivity index (χ1) is 8.69. The summed E-state index contributed by atoms with van der Waals surface area (Å²) in [6.45, 7) is 0.650. The SMILES string of the molecule is COc1ccc(OCCCN=[N+]=[N-])cc1[N+](=O)[O-]. The van der Waals surface area contributed by atoms with Gasteiger partial charge in [0.05, 0.1) is 24.7 Å². The van der Waals surface area contributed by atoms with Crippen molar-refractivity contribution in [2.24, 2.45) is 5.11 Å². The van der Waals surface area contributed by atoms with E-state index in [1.54, 1.807) is 6.07 Å². The molecule has 0 aliphatic carbocycles. The molecule has 0 amide bonds. The van der Waals surface area contributed by atoms with E-state index >= 15 is 0 Å². The highest BCUT2D eigenvalue weighted by Gasteiger charge is 2.15. The number of hydrogen-bond acceptors (Lipinski definition) is 5. The molecule has 1 aromatic rings. The van der Waals surface area contributed by atoms with Gasteiger partial charge in [-0.05, 0) is 24.1 Å². The Labute approximate surface area is 103 Å². The van der Waals surface area contributed by atoms with Gasteiger partial charge in [-0.25, -0.2) is 0 Å². The molecule has 8 heteroatoms. The maximum atomic E-state index is 10.8. The number of nitro benzene ring substituents is 1. The molecule has 0 aliphatic rings. The van der Waals surface area contributed by atoms with E-state index in [2.05, 4.69) is 10.0 Å². The van der Waals surface area contributed by atoms with Gasteiger partial charge in [0.1, 0.15) is 5.75 Å². The van der Waals surface area contributed by atoms with Crippen LogP contribution >= 0.6 is 0 Å². The maximum Gasteiger partial charge on any atom is 0.314 e. The summed E-state index contributed by atoms with van der Waals surface area (Å²) >= 11 is 0. The minimum Gasteiger partial charge on any atom is -0.493 e. The summed E-state index contributed by atoms with van der Waals surface area (Å²) < 4.78 is 10.2. The van der Waals surface area contributed by atoms with Gasteiger partial charge < -0.3 is 9.47 Å². The Morgan fingerprint density at radius 2 is 2.33 bits per heavy atom. The quantitative estimate of drug-likeness (QED) is 0.185. The van der Waals surface area contributed by atoms with Gasteiger partial charge in [0.15, 0.2) is 5.75 Å². The van der Waals surface area contributed by atoms with Crippen LogP contribution in [0.1, 0.15) is 6.42 Å². The monoisotopic (exact) mass is 252 g/mol. The van der Waals surface area contributed by atoms with Gasteiger partial charge in [-0.3, -0.25) is 10.1 Å². The van der Waals surface area contributed by atoms with Crippen LogP contribution < -0.4 is 9.47 Å². The highest BCUT2D eigenvalue weighted by atomic mass is 16.6. The third-order valence-corrected chi connectivity index (χ3v) is 2.08. The maximum absolute atomic E-state index is 10.8. The number of azide groups is 1. The highest BCUT2D eigenvalue weighted by Crippen LogP contribution is 2.30. The van der Waals surface area contributed by atoms with Crippen LogP contribution in [0, 0.1) is 10.1 Å². The van der Waals surface area contributed by atoms with E-state index in [0.29, 0.717) is 25.3 Å². The molecule has 0 bridgehead atoms. The van der Waals surface area contributed by atoms with Crippen molar-refractivity contribution in [3.05, 3.63) is 38.8 Å². The van der Waals surface area contributed by atoms with E-state index in [-0.39, 0.29) is 11.4 Å². The molecule has 96 valence electrons. The molecule has 0 atom stereocenters. The van der Waals surface area contributed by atoms with Gasteiger partial charge in [0.25, 0.3) is 0 Å². The van der Waals surface area contributed by atoms with Crippen molar-refractivity contribution in [1.29, 1.82) is 0 Å². The third-order valence-electron chi connectivity index (χ3n) is 2.08. The largest absolute Gasteiger partial charge is 0.493 e. The summed E-state index contributed by atoms with van der Waals surface area (Å²) in [5, 5.41) is 14.1. The van der Waals surface area contributed by atoms with Crippen molar-refractivity contribution in [3.63, 3.8) is 0 Å². The van der Waals surface area contributed by atoms with Crippen LogP contribution in [-0.2, 0) is 0 Å². The fourth-order valence-electron chi connectivity index (χ4n) is 1.27. The number of nitro groups is 1. The van der Waals surface area contributed by atoms with E-state index < -0.39 is 4.92 Å². The van der Waals surface area contributed by atoms with Crippen LogP contribution in [0.3, 0.4) is 0 Å². The number of methoxy groups -OCH3 is 1. The van der Waals surface area contributed by atoms with Crippen LogP contribution in [0.15, 0.2) is 23.3 Å². The number of ether oxygens (including phenoxy) is 2. The average Bonchev–Trinajstić information content (AvgIpc) is 2.38. The number of rotatable bonds is 7. The average molecular weight is 252 g/mol. The van der Waals surface area contributed by atoms with Crippen molar-refractivity contribution in [3.8, 4) is 11.5 Å². The minimum absolute atomic E-state index is 0.148. The lowest BCUT2D eigenvalue weighted by molar-refractivity contribution is -0.385. The Kier molecular flexibility index (Phi) is 5.27. The van der Waals surface area contributed by atoms with E-state index in [0.717, 1.165) is 0 Å². The molecular formula is C10H12N4O4. The number of nitrogens with zero attached hydrogens (tertiary/aromatic N) is 4. The third kappa shape index (κ3) is 3.84. The molecule has 8 nitrogen and oxygen atoms in total. The van der Waals surface area contributed by atoms with Gasteiger partial charge in [0.2, 0.25) is 0 Å². The second-order valence-corrected chi connectivity index (χ2v) is 3.25.